The molecule has 6 nitrogen and oxygen atoms in total. The van der Waals surface area contributed by atoms with Crippen LogP contribution in [0.25, 0.3) is 0 Å². The summed E-state index contributed by atoms with van der Waals surface area (Å²) in [7, 11) is -2.34. The summed E-state index contributed by atoms with van der Waals surface area (Å²) in [5.41, 5.74) is 1.23. The number of carbonyl (C=O) groups excluding carboxylic acids is 1. The molecule has 3 rings (SSSR count). The maximum Gasteiger partial charge on any atom is 0.245 e. The number of methoxy groups -OCH3 is 1. The van der Waals surface area contributed by atoms with Crippen LogP contribution in [0.15, 0.2) is 47.4 Å². The zero-order chi connectivity index (χ0) is 18.9. The lowest BCUT2D eigenvalue weighted by molar-refractivity contribution is -0.118. The topological polar surface area (TPSA) is 75.7 Å². The number of hydrogen-bond acceptors (Lipinski definition) is 4. The Morgan fingerprint density at radius 1 is 1.19 bits per heavy atom. The highest BCUT2D eigenvalue weighted by Crippen LogP contribution is 2.28. The Kier molecular flexibility index (Phi) is 5.22. The minimum Gasteiger partial charge on any atom is -0.497 e. The predicted octanol–water partition coefficient (Wildman–Crippen LogP) is 2.74. The molecule has 1 N–H and O–H groups in total. The molecule has 138 valence electrons. The summed E-state index contributed by atoms with van der Waals surface area (Å²) in [6, 6.07) is 11.1. The van der Waals surface area contributed by atoms with Gasteiger partial charge in [-0.25, -0.2) is 8.42 Å². The van der Waals surface area contributed by atoms with Crippen molar-refractivity contribution in [2.75, 3.05) is 18.6 Å². The Bertz CT molecular complexity index is 908. The number of amides is 1. The van der Waals surface area contributed by atoms with Gasteiger partial charge in [0.05, 0.1) is 12.1 Å². The first kappa shape index (κ1) is 18.7. The van der Waals surface area contributed by atoms with Gasteiger partial charge in [0.25, 0.3) is 0 Å². The molecule has 0 unspecified atom stereocenters. The molecule has 1 aliphatic heterocycles. The number of ether oxygens (including phenoxy) is 1. The van der Waals surface area contributed by atoms with E-state index in [1.54, 1.807) is 55.3 Å². The number of hydrogen-bond donors (Lipinski definition) is 1. The Morgan fingerprint density at radius 3 is 2.50 bits per heavy atom. The summed E-state index contributed by atoms with van der Waals surface area (Å²) in [6.45, 7) is 2.10. The maximum atomic E-state index is 12.7. The van der Waals surface area contributed by atoms with Gasteiger partial charge in [-0.3, -0.25) is 4.79 Å². The smallest absolute Gasteiger partial charge is 0.245 e. The fourth-order valence-electron chi connectivity index (χ4n) is 3.01. The van der Waals surface area contributed by atoms with Gasteiger partial charge in [0.15, 0.2) is 0 Å². The standard InChI is InChI=1S/C18H19ClN2O4S/c1-12-4-3-5-15(19)17(12)26(23,24)20-16-10-11-21(18(16)22)13-6-8-14(25-2)9-7-13/h3-9,16,20H,10-11H2,1-2H3/t16-/m1/s1. The van der Waals surface area contributed by atoms with Crippen molar-refractivity contribution >= 4 is 33.2 Å². The van der Waals surface area contributed by atoms with Gasteiger partial charge >= 0.3 is 0 Å². The molecule has 0 spiro atoms. The van der Waals surface area contributed by atoms with Gasteiger partial charge in [-0.2, -0.15) is 4.72 Å². The second-order valence-corrected chi connectivity index (χ2v) is 8.09. The van der Waals surface area contributed by atoms with E-state index in [9.17, 15) is 13.2 Å². The largest absolute Gasteiger partial charge is 0.497 e. The number of aryl methyl sites for hydroxylation is 1. The van der Waals surface area contributed by atoms with Gasteiger partial charge in [-0.15, -0.1) is 0 Å². The predicted molar refractivity (Wildman–Crippen MR) is 100 cm³/mol. The summed E-state index contributed by atoms with van der Waals surface area (Å²) in [5.74, 6) is 0.398. The van der Waals surface area contributed by atoms with E-state index >= 15 is 0 Å². The molecular formula is C18H19ClN2O4S. The molecule has 0 aliphatic carbocycles. The lowest BCUT2D eigenvalue weighted by Crippen LogP contribution is -2.41. The number of sulfonamides is 1. The van der Waals surface area contributed by atoms with Crippen LogP contribution < -0.4 is 14.4 Å². The SMILES string of the molecule is COc1ccc(N2CC[C@@H](NS(=O)(=O)c3c(C)cccc3Cl)C2=O)cc1. The number of benzene rings is 2. The minimum atomic E-state index is -3.90. The van der Waals surface area contributed by atoms with Crippen molar-refractivity contribution in [3.05, 3.63) is 53.1 Å². The van der Waals surface area contributed by atoms with Gasteiger partial charge in [0.1, 0.15) is 16.7 Å². The van der Waals surface area contributed by atoms with E-state index in [-0.39, 0.29) is 15.8 Å². The van der Waals surface area contributed by atoms with E-state index in [1.807, 2.05) is 0 Å². The van der Waals surface area contributed by atoms with Crippen molar-refractivity contribution in [3.8, 4) is 5.75 Å². The van der Waals surface area contributed by atoms with Crippen LogP contribution in [0.3, 0.4) is 0 Å². The highest BCUT2D eigenvalue weighted by Gasteiger charge is 2.36. The van der Waals surface area contributed by atoms with Gasteiger partial charge < -0.3 is 9.64 Å². The first-order chi connectivity index (χ1) is 12.3. The van der Waals surface area contributed by atoms with Crippen LogP contribution >= 0.6 is 11.6 Å². The van der Waals surface area contributed by atoms with Crippen LogP contribution in [0.2, 0.25) is 5.02 Å². The van der Waals surface area contributed by atoms with Crippen LogP contribution in [0, 0.1) is 6.92 Å². The molecule has 1 fully saturated rings. The lowest BCUT2D eigenvalue weighted by atomic mass is 10.2. The Balaban J connectivity index is 1.80. The monoisotopic (exact) mass is 394 g/mol. The van der Waals surface area contributed by atoms with E-state index in [0.29, 0.717) is 30.0 Å². The van der Waals surface area contributed by atoms with Gasteiger partial charge in [-0.05, 0) is 49.2 Å². The summed E-state index contributed by atoms with van der Waals surface area (Å²) < 4.78 is 33.0. The van der Waals surface area contributed by atoms with Crippen molar-refractivity contribution in [2.45, 2.75) is 24.3 Å². The lowest BCUT2D eigenvalue weighted by Gasteiger charge is -2.18. The Morgan fingerprint density at radius 2 is 1.88 bits per heavy atom. The third-order valence-corrected chi connectivity index (χ3v) is 6.42. The molecular weight excluding hydrogens is 376 g/mol. The van der Waals surface area contributed by atoms with Gasteiger partial charge in [0.2, 0.25) is 15.9 Å². The fourth-order valence-corrected chi connectivity index (χ4v) is 5.07. The number of halogens is 1. The molecule has 2 aromatic carbocycles. The zero-order valence-electron chi connectivity index (χ0n) is 14.4. The van der Waals surface area contributed by atoms with Crippen molar-refractivity contribution in [1.29, 1.82) is 0 Å². The average Bonchev–Trinajstić information content (AvgIpc) is 2.94. The second kappa shape index (κ2) is 7.26. The van der Waals surface area contributed by atoms with Crippen molar-refractivity contribution in [3.63, 3.8) is 0 Å². The van der Waals surface area contributed by atoms with Crippen LogP contribution in [-0.2, 0) is 14.8 Å². The maximum absolute atomic E-state index is 12.7. The fraction of sp³-hybridized carbons (Fsp3) is 0.278. The first-order valence-electron chi connectivity index (χ1n) is 8.06. The minimum absolute atomic E-state index is 0.0114. The third kappa shape index (κ3) is 3.56. The Labute approximate surface area is 157 Å². The Hall–Kier alpha value is -2.09. The summed E-state index contributed by atoms with van der Waals surface area (Å²) >= 11 is 6.06. The quantitative estimate of drug-likeness (QED) is 0.846. The molecule has 2 aromatic rings. The molecule has 1 amide bonds. The normalized spacial score (nSPS) is 17.6. The summed E-state index contributed by atoms with van der Waals surface area (Å²) in [4.78, 5) is 14.2. The zero-order valence-corrected chi connectivity index (χ0v) is 16.0. The molecule has 0 bridgehead atoms. The molecule has 0 radical (unpaired) electrons. The molecule has 26 heavy (non-hydrogen) atoms. The molecule has 1 heterocycles. The summed E-state index contributed by atoms with van der Waals surface area (Å²) in [6.07, 6.45) is 0.383. The van der Waals surface area contributed by atoms with Crippen molar-refractivity contribution < 1.29 is 17.9 Å². The molecule has 1 saturated heterocycles. The first-order valence-corrected chi connectivity index (χ1v) is 9.92. The summed E-state index contributed by atoms with van der Waals surface area (Å²) in [5, 5.41) is 0.134. The van der Waals surface area contributed by atoms with Crippen molar-refractivity contribution in [2.24, 2.45) is 0 Å². The highest BCUT2D eigenvalue weighted by atomic mass is 35.5. The van der Waals surface area contributed by atoms with Crippen LogP contribution in [0.4, 0.5) is 5.69 Å². The van der Waals surface area contributed by atoms with E-state index in [4.69, 9.17) is 16.3 Å². The van der Waals surface area contributed by atoms with E-state index in [2.05, 4.69) is 4.72 Å². The average molecular weight is 395 g/mol. The van der Waals surface area contributed by atoms with E-state index in [0.717, 1.165) is 0 Å². The number of anilines is 1. The molecule has 0 saturated carbocycles. The van der Waals surface area contributed by atoms with Crippen LogP contribution in [0.1, 0.15) is 12.0 Å². The second-order valence-electron chi connectivity index (χ2n) is 6.04. The number of nitrogens with one attached hydrogen (secondary N) is 1. The molecule has 8 heteroatoms. The van der Waals surface area contributed by atoms with Crippen LogP contribution in [-0.4, -0.2) is 34.0 Å². The molecule has 1 atom stereocenters. The van der Waals surface area contributed by atoms with Gasteiger partial charge in [-0.1, -0.05) is 23.7 Å². The van der Waals surface area contributed by atoms with E-state index in [1.165, 1.54) is 6.07 Å². The molecule has 1 aliphatic rings. The number of carbonyl (C=O) groups is 1. The third-order valence-electron chi connectivity index (χ3n) is 4.32. The number of rotatable bonds is 5. The number of nitrogens with zero attached hydrogens (tertiary/aromatic N) is 1. The van der Waals surface area contributed by atoms with E-state index < -0.39 is 16.1 Å². The molecule has 0 aromatic heterocycles. The van der Waals surface area contributed by atoms with Crippen LogP contribution in [0.5, 0.6) is 5.75 Å². The van der Waals surface area contributed by atoms with Crippen molar-refractivity contribution in [1.82, 2.24) is 4.72 Å². The van der Waals surface area contributed by atoms with Gasteiger partial charge in [0, 0.05) is 12.2 Å². The highest BCUT2D eigenvalue weighted by molar-refractivity contribution is 7.89.